The summed E-state index contributed by atoms with van der Waals surface area (Å²) in [7, 11) is 0. The number of nitrogens with zero attached hydrogens (tertiary/aromatic N) is 2. The second-order valence-corrected chi connectivity index (χ2v) is 5.50. The zero-order chi connectivity index (χ0) is 12.4. The molecule has 1 aromatic heterocycles. The van der Waals surface area contributed by atoms with Crippen LogP contribution in [-0.2, 0) is 10.2 Å². The molecule has 1 aromatic rings. The third kappa shape index (κ3) is 2.06. The van der Waals surface area contributed by atoms with Crippen LogP contribution in [0.1, 0.15) is 62.8 Å². The van der Waals surface area contributed by atoms with Gasteiger partial charge in [-0.3, -0.25) is 0 Å². The fourth-order valence-electron chi connectivity index (χ4n) is 3.10. The highest BCUT2D eigenvalue weighted by molar-refractivity contribution is 5.09. The topological polar surface area (TPSA) is 74.2 Å². The summed E-state index contributed by atoms with van der Waals surface area (Å²) in [6, 6.07) is 0. The van der Waals surface area contributed by atoms with Crippen molar-refractivity contribution in [3.63, 3.8) is 0 Å². The lowest BCUT2D eigenvalue weighted by Crippen LogP contribution is -2.37. The molecule has 1 aliphatic heterocycles. The Kier molecular flexibility index (Phi) is 3.35. The maximum absolute atomic E-state index is 5.97. The van der Waals surface area contributed by atoms with Gasteiger partial charge >= 0.3 is 0 Å². The van der Waals surface area contributed by atoms with Crippen LogP contribution in [0.3, 0.4) is 0 Å². The van der Waals surface area contributed by atoms with Crippen LogP contribution in [0.2, 0.25) is 0 Å². The van der Waals surface area contributed by atoms with Gasteiger partial charge in [-0.1, -0.05) is 24.4 Å². The molecule has 5 heteroatoms. The molecule has 1 saturated heterocycles. The number of nitrogens with two attached hydrogens (primary N) is 1. The molecule has 2 fully saturated rings. The third-order valence-corrected chi connectivity index (χ3v) is 4.31. The molecule has 1 atom stereocenters. The maximum Gasteiger partial charge on any atom is 0.234 e. The first-order chi connectivity index (χ1) is 8.84. The van der Waals surface area contributed by atoms with Gasteiger partial charge in [-0.05, 0) is 25.7 Å². The molecule has 1 saturated carbocycles. The first-order valence-corrected chi connectivity index (χ1v) is 7.00. The molecule has 0 spiro atoms. The van der Waals surface area contributed by atoms with Crippen molar-refractivity contribution < 1.29 is 9.26 Å². The molecule has 2 heterocycles. The van der Waals surface area contributed by atoms with E-state index in [1.165, 1.54) is 19.3 Å². The standard InChI is InChI=1S/C13H21N3O2/c14-9-13(6-2-1-3-7-13)12-15-11(16-18-12)10-5-4-8-17-10/h10H,1-9,14H2. The van der Waals surface area contributed by atoms with Gasteiger partial charge in [0, 0.05) is 13.2 Å². The summed E-state index contributed by atoms with van der Waals surface area (Å²) in [5, 5.41) is 4.10. The Morgan fingerprint density at radius 3 is 2.72 bits per heavy atom. The first-order valence-electron chi connectivity index (χ1n) is 7.00. The molecular weight excluding hydrogens is 230 g/mol. The van der Waals surface area contributed by atoms with Crippen LogP contribution in [0.5, 0.6) is 0 Å². The number of hydrogen-bond acceptors (Lipinski definition) is 5. The van der Waals surface area contributed by atoms with Crippen LogP contribution in [-0.4, -0.2) is 23.3 Å². The van der Waals surface area contributed by atoms with Gasteiger partial charge in [-0.15, -0.1) is 0 Å². The minimum Gasteiger partial charge on any atom is -0.370 e. The molecule has 0 radical (unpaired) electrons. The highest BCUT2D eigenvalue weighted by atomic mass is 16.5. The fraction of sp³-hybridized carbons (Fsp3) is 0.846. The van der Waals surface area contributed by atoms with Crippen molar-refractivity contribution in [2.75, 3.05) is 13.2 Å². The van der Waals surface area contributed by atoms with Gasteiger partial charge in [0.05, 0.1) is 5.41 Å². The Morgan fingerprint density at radius 1 is 1.22 bits per heavy atom. The van der Waals surface area contributed by atoms with Gasteiger partial charge in [0.2, 0.25) is 11.7 Å². The van der Waals surface area contributed by atoms with Crippen molar-refractivity contribution >= 4 is 0 Å². The van der Waals surface area contributed by atoms with Crippen molar-refractivity contribution in [2.45, 2.75) is 56.5 Å². The summed E-state index contributed by atoms with van der Waals surface area (Å²) < 4.78 is 11.1. The van der Waals surface area contributed by atoms with Gasteiger partial charge in [-0.25, -0.2) is 0 Å². The van der Waals surface area contributed by atoms with E-state index in [1.54, 1.807) is 0 Å². The largest absolute Gasteiger partial charge is 0.370 e. The van der Waals surface area contributed by atoms with E-state index in [1.807, 2.05) is 0 Å². The van der Waals surface area contributed by atoms with Gasteiger partial charge in [0.15, 0.2) is 0 Å². The summed E-state index contributed by atoms with van der Waals surface area (Å²) in [6.07, 6.45) is 7.93. The number of ether oxygens (including phenoxy) is 1. The van der Waals surface area contributed by atoms with E-state index in [0.29, 0.717) is 12.4 Å². The predicted molar refractivity (Wildman–Crippen MR) is 66.0 cm³/mol. The van der Waals surface area contributed by atoms with E-state index in [-0.39, 0.29) is 11.5 Å². The molecule has 100 valence electrons. The minimum atomic E-state index is -0.0812. The summed E-state index contributed by atoms with van der Waals surface area (Å²) in [6.45, 7) is 1.40. The van der Waals surface area contributed by atoms with Crippen LogP contribution in [0.15, 0.2) is 4.52 Å². The molecule has 1 unspecified atom stereocenters. The van der Waals surface area contributed by atoms with Crippen molar-refractivity contribution in [2.24, 2.45) is 5.73 Å². The fourth-order valence-corrected chi connectivity index (χ4v) is 3.10. The Morgan fingerprint density at radius 2 is 2.06 bits per heavy atom. The average Bonchev–Trinajstić information content (AvgIpc) is 3.10. The van der Waals surface area contributed by atoms with Gasteiger partial charge in [0.25, 0.3) is 0 Å². The van der Waals surface area contributed by atoms with Crippen LogP contribution in [0.4, 0.5) is 0 Å². The molecule has 3 rings (SSSR count). The van der Waals surface area contributed by atoms with E-state index in [0.717, 1.165) is 38.2 Å². The molecule has 0 bridgehead atoms. The van der Waals surface area contributed by atoms with Gasteiger partial charge in [0.1, 0.15) is 6.10 Å². The molecule has 5 nitrogen and oxygen atoms in total. The zero-order valence-electron chi connectivity index (χ0n) is 10.7. The molecular formula is C13H21N3O2. The molecule has 0 amide bonds. The van der Waals surface area contributed by atoms with Crippen molar-refractivity contribution in [3.8, 4) is 0 Å². The van der Waals surface area contributed by atoms with E-state index < -0.39 is 0 Å². The summed E-state index contributed by atoms with van der Waals surface area (Å²) in [4.78, 5) is 4.58. The highest BCUT2D eigenvalue weighted by Crippen LogP contribution is 2.38. The van der Waals surface area contributed by atoms with Crippen molar-refractivity contribution in [1.29, 1.82) is 0 Å². The smallest absolute Gasteiger partial charge is 0.234 e. The number of rotatable bonds is 3. The van der Waals surface area contributed by atoms with E-state index in [4.69, 9.17) is 15.0 Å². The molecule has 2 N–H and O–H groups in total. The highest BCUT2D eigenvalue weighted by Gasteiger charge is 2.38. The molecule has 2 aliphatic rings. The number of hydrogen-bond donors (Lipinski definition) is 1. The predicted octanol–water partition coefficient (Wildman–Crippen LogP) is 2.08. The third-order valence-electron chi connectivity index (χ3n) is 4.31. The van der Waals surface area contributed by atoms with Crippen LogP contribution >= 0.6 is 0 Å². The molecule has 18 heavy (non-hydrogen) atoms. The number of aromatic nitrogens is 2. The lowest BCUT2D eigenvalue weighted by atomic mass is 9.74. The SMILES string of the molecule is NCC1(c2nc(C3CCCO3)no2)CCCCC1. The average molecular weight is 251 g/mol. The zero-order valence-corrected chi connectivity index (χ0v) is 10.7. The maximum atomic E-state index is 5.97. The van der Waals surface area contributed by atoms with Crippen molar-refractivity contribution in [1.82, 2.24) is 10.1 Å². The Labute approximate surface area is 107 Å². The Hall–Kier alpha value is -0.940. The molecule has 1 aliphatic carbocycles. The molecule has 0 aromatic carbocycles. The second kappa shape index (κ2) is 4.97. The van der Waals surface area contributed by atoms with Crippen molar-refractivity contribution in [3.05, 3.63) is 11.7 Å². The van der Waals surface area contributed by atoms with Crippen LogP contribution in [0, 0.1) is 0 Å². The lowest BCUT2D eigenvalue weighted by molar-refractivity contribution is 0.103. The second-order valence-electron chi connectivity index (χ2n) is 5.50. The summed E-state index contributed by atoms with van der Waals surface area (Å²) in [5.41, 5.74) is 5.89. The van der Waals surface area contributed by atoms with Crippen LogP contribution in [0.25, 0.3) is 0 Å². The van der Waals surface area contributed by atoms with Gasteiger partial charge in [-0.2, -0.15) is 4.98 Å². The Bertz CT molecular complexity index is 393. The van der Waals surface area contributed by atoms with E-state index in [9.17, 15) is 0 Å². The lowest BCUT2D eigenvalue weighted by Gasteiger charge is -2.32. The van der Waals surface area contributed by atoms with Crippen LogP contribution < -0.4 is 5.73 Å². The summed E-state index contributed by atoms with van der Waals surface area (Å²) >= 11 is 0. The first kappa shape index (κ1) is 12.1. The Balaban J connectivity index is 1.82. The minimum absolute atomic E-state index is 0.0286. The normalized spacial score (nSPS) is 27.5. The summed E-state index contributed by atoms with van der Waals surface area (Å²) in [5.74, 6) is 1.44. The van der Waals surface area contributed by atoms with E-state index >= 15 is 0 Å². The van der Waals surface area contributed by atoms with Gasteiger partial charge < -0.3 is 15.0 Å². The quantitative estimate of drug-likeness (QED) is 0.890. The monoisotopic (exact) mass is 251 g/mol. The van der Waals surface area contributed by atoms with E-state index in [2.05, 4.69) is 10.1 Å².